The van der Waals surface area contributed by atoms with Crippen LogP contribution >= 0.6 is 0 Å². The molecule has 0 rings (SSSR count). The summed E-state index contributed by atoms with van der Waals surface area (Å²) in [6.45, 7) is 9.10. The number of carbonyl (C=O) groups excluding carboxylic acids is 1. The quantitative estimate of drug-likeness (QED) is 0.407. The van der Waals surface area contributed by atoms with Gasteiger partial charge in [-0.2, -0.15) is 0 Å². The van der Waals surface area contributed by atoms with Crippen LogP contribution in [0.25, 0.3) is 0 Å². The fourth-order valence-electron chi connectivity index (χ4n) is 0.692. The third kappa shape index (κ3) is 7.24. The van der Waals surface area contributed by atoms with Crippen LogP contribution in [0.4, 0.5) is 0 Å². The summed E-state index contributed by atoms with van der Waals surface area (Å²) < 4.78 is 26.2. The molecule has 0 aromatic rings. The highest BCUT2D eigenvalue weighted by Crippen LogP contribution is 2.14. The number of carbonyl (C=O) groups is 1. The third-order valence-corrected chi connectivity index (χ3v) is 2.01. The van der Waals surface area contributed by atoms with Gasteiger partial charge in [0.15, 0.2) is 0 Å². The van der Waals surface area contributed by atoms with E-state index in [9.17, 15) is 9.00 Å². The Labute approximate surface area is 92.3 Å². The van der Waals surface area contributed by atoms with Gasteiger partial charge in [-0.1, -0.05) is 20.4 Å². The number of hydrogen-bond donors (Lipinski definition) is 2. The zero-order chi connectivity index (χ0) is 12.1. The lowest BCUT2D eigenvalue weighted by Gasteiger charge is -2.23. The molecule has 0 fully saturated rings. The van der Waals surface area contributed by atoms with E-state index in [1.807, 2.05) is 13.8 Å². The van der Waals surface area contributed by atoms with E-state index in [2.05, 4.69) is 11.3 Å². The van der Waals surface area contributed by atoms with Gasteiger partial charge in [0.05, 0.1) is 6.61 Å². The Morgan fingerprint density at radius 1 is 1.60 bits per heavy atom. The van der Waals surface area contributed by atoms with Gasteiger partial charge in [0, 0.05) is 17.5 Å². The molecule has 0 amide bonds. The van der Waals surface area contributed by atoms with E-state index in [1.54, 1.807) is 6.92 Å². The van der Waals surface area contributed by atoms with Gasteiger partial charge < -0.3 is 4.74 Å². The predicted octanol–water partition coefficient (Wildman–Crippen LogP) is 0.858. The van der Waals surface area contributed by atoms with Crippen molar-refractivity contribution in [1.82, 2.24) is 4.72 Å². The molecule has 0 heterocycles. The molecule has 88 valence electrons. The van der Waals surface area contributed by atoms with Crippen LogP contribution in [0.2, 0.25) is 0 Å². The Hall–Kier alpha value is -0.720. The van der Waals surface area contributed by atoms with Crippen LogP contribution in [0.3, 0.4) is 0 Å². The van der Waals surface area contributed by atoms with Gasteiger partial charge in [-0.3, -0.25) is 4.55 Å². The highest BCUT2D eigenvalue weighted by atomic mass is 32.2. The second-order valence-corrected chi connectivity index (χ2v) is 4.88. The van der Waals surface area contributed by atoms with Crippen LogP contribution in [0.15, 0.2) is 12.2 Å². The fourth-order valence-corrected chi connectivity index (χ4v) is 1.21. The molecule has 1 unspecified atom stereocenters. The van der Waals surface area contributed by atoms with Gasteiger partial charge in [0.25, 0.3) is 0 Å². The molecule has 0 saturated carbocycles. The maximum Gasteiger partial charge on any atom is 0.333 e. The summed E-state index contributed by atoms with van der Waals surface area (Å²) in [5.74, 6) is -0.451. The number of hydrogen-bond acceptors (Lipinski definition) is 3. The fraction of sp³-hybridized carbons (Fsp3) is 0.667. The van der Waals surface area contributed by atoms with Crippen LogP contribution in [-0.2, 0) is 20.8 Å². The smallest absolute Gasteiger partial charge is 0.333 e. The first-order chi connectivity index (χ1) is 6.74. The largest absolute Gasteiger partial charge is 0.462 e. The normalized spacial score (nSPS) is 13.3. The molecule has 1 atom stereocenters. The molecule has 0 aromatic heterocycles. The summed E-state index contributed by atoms with van der Waals surface area (Å²) in [6, 6.07) is 0. The van der Waals surface area contributed by atoms with Crippen LogP contribution in [-0.4, -0.2) is 27.9 Å². The molecule has 0 radical (unpaired) electrons. The maximum absolute atomic E-state index is 11.1. The topological polar surface area (TPSA) is 75.6 Å². The third-order valence-electron chi connectivity index (χ3n) is 1.62. The van der Waals surface area contributed by atoms with E-state index in [0.29, 0.717) is 5.57 Å². The van der Waals surface area contributed by atoms with E-state index in [4.69, 9.17) is 9.29 Å². The summed E-state index contributed by atoms with van der Waals surface area (Å²) in [4.78, 5) is 11.1. The number of nitrogens with one attached hydrogen (secondary N) is 1. The summed E-state index contributed by atoms with van der Waals surface area (Å²) in [7, 11) is 0. The minimum Gasteiger partial charge on any atom is -0.462 e. The maximum atomic E-state index is 11.1. The zero-order valence-corrected chi connectivity index (χ0v) is 10.0. The van der Waals surface area contributed by atoms with Gasteiger partial charge in [0.1, 0.15) is 0 Å². The van der Waals surface area contributed by atoms with Crippen molar-refractivity contribution in [3.8, 4) is 0 Å². The molecule has 6 heteroatoms. The lowest BCUT2D eigenvalue weighted by atomic mass is 9.95. The lowest BCUT2D eigenvalue weighted by molar-refractivity contribution is -0.141. The summed E-state index contributed by atoms with van der Waals surface area (Å²) in [6.07, 6.45) is 0. The molecule has 0 saturated heterocycles. The Morgan fingerprint density at radius 3 is 2.53 bits per heavy atom. The predicted molar refractivity (Wildman–Crippen MR) is 58.3 cm³/mol. The molecule has 2 N–H and O–H groups in total. The molecule has 5 nitrogen and oxygen atoms in total. The molecule has 0 spiro atoms. The van der Waals surface area contributed by atoms with Gasteiger partial charge in [-0.05, 0) is 6.92 Å². The van der Waals surface area contributed by atoms with Crippen molar-refractivity contribution in [3.63, 3.8) is 0 Å². The van der Waals surface area contributed by atoms with Crippen molar-refractivity contribution in [2.75, 3.05) is 13.2 Å². The zero-order valence-electron chi connectivity index (χ0n) is 9.20. The van der Waals surface area contributed by atoms with Crippen molar-refractivity contribution in [1.29, 1.82) is 0 Å². The van der Waals surface area contributed by atoms with E-state index < -0.39 is 22.7 Å². The minimum absolute atomic E-state index is 0.170. The second kappa shape index (κ2) is 5.99. The molecule has 0 aliphatic carbocycles. The molecule has 0 aliphatic rings. The SMILES string of the molecule is C=C(C)C(=O)OCC(C)(C)CNS(=O)O. The van der Waals surface area contributed by atoms with E-state index in [1.165, 1.54) is 0 Å². The summed E-state index contributed by atoms with van der Waals surface area (Å²) in [5, 5.41) is 0. The Bertz CT molecular complexity index is 275. The summed E-state index contributed by atoms with van der Waals surface area (Å²) in [5.41, 5.74) is -0.0618. The summed E-state index contributed by atoms with van der Waals surface area (Å²) >= 11 is -2.04. The van der Waals surface area contributed by atoms with Crippen molar-refractivity contribution in [3.05, 3.63) is 12.2 Å². The van der Waals surface area contributed by atoms with Crippen LogP contribution in [0.5, 0.6) is 0 Å². The molecule has 15 heavy (non-hydrogen) atoms. The monoisotopic (exact) mass is 235 g/mol. The average Bonchev–Trinajstić information content (AvgIpc) is 2.11. The Balaban J connectivity index is 3.98. The first-order valence-corrected chi connectivity index (χ1v) is 5.52. The van der Waals surface area contributed by atoms with Crippen molar-refractivity contribution in [2.45, 2.75) is 20.8 Å². The van der Waals surface area contributed by atoms with Gasteiger partial charge >= 0.3 is 5.97 Å². The first kappa shape index (κ1) is 14.3. The van der Waals surface area contributed by atoms with Gasteiger partial charge in [-0.15, -0.1) is 0 Å². The molecular weight excluding hydrogens is 218 g/mol. The van der Waals surface area contributed by atoms with Crippen LogP contribution < -0.4 is 4.72 Å². The van der Waals surface area contributed by atoms with E-state index in [-0.39, 0.29) is 13.2 Å². The van der Waals surface area contributed by atoms with Gasteiger partial charge in [0.2, 0.25) is 11.3 Å². The van der Waals surface area contributed by atoms with E-state index in [0.717, 1.165) is 0 Å². The van der Waals surface area contributed by atoms with Gasteiger partial charge in [-0.25, -0.2) is 13.7 Å². The Kier molecular flexibility index (Phi) is 5.71. The molecule has 0 aliphatic heterocycles. The Morgan fingerprint density at radius 2 is 2.13 bits per heavy atom. The van der Waals surface area contributed by atoms with Crippen LogP contribution in [0.1, 0.15) is 20.8 Å². The highest BCUT2D eigenvalue weighted by Gasteiger charge is 2.21. The highest BCUT2D eigenvalue weighted by molar-refractivity contribution is 7.77. The lowest BCUT2D eigenvalue weighted by Crippen LogP contribution is -2.34. The average molecular weight is 235 g/mol. The van der Waals surface area contributed by atoms with Crippen molar-refractivity contribution < 1.29 is 18.3 Å². The van der Waals surface area contributed by atoms with E-state index >= 15 is 0 Å². The van der Waals surface area contributed by atoms with Crippen molar-refractivity contribution in [2.24, 2.45) is 5.41 Å². The first-order valence-electron chi connectivity index (χ1n) is 4.41. The molecule has 0 aromatic carbocycles. The van der Waals surface area contributed by atoms with Crippen molar-refractivity contribution >= 4 is 17.2 Å². The number of esters is 1. The molecule has 0 bridgehead atoms. The standard InChI is InChI=1S/C9H17NO4S/c1-7(2)8(11)14-6-9(3,4)5-10-15(12)13/h10H,1,5-6H2,2-4H3,(H,12,13). The number of ether oxygens (including phenoxy) is 1. The molecular formula is C9H17NO4S. The number of rotatable bonds is 6. The second-order valence-electron chi connectivity index (χ2n) is 4.09. The van der Waals surface area contributed by atoms with Crippen LogP contribution in [0, 0.1) is 5.41 Å². The minimum atomic E-state index is -2.04.